The van der Waals surface area contributed by atoms with Crippen molar-refractivity contribution in [1.29, 1.82) is 0 Å². The first-order valence-corrected chi connectivity index (χ1v) is 5.59. The van der Waals surface area contributed by atoms with Crippen molar-refractivity contribution in [2.75, 3.05) is 26.6 Å². The Balaban J connectivity index is 2.77. The molecule has 0 saturated heterocycles. The highest BCUT2D eigenvalue weighted by Gasteiger charge is 2.35. The molecule has 0 radical (unpaired) electrons. The molecule has 0 aliphatic rings. The molecule has 0 saturated carbocycles. The zero-order chi connectivity index (χ0) is 14.9. The van der Waals surface area contributed by atoms with E-state index in [9.17, 15) is 13.2 Å². The maximum absolute atomic E-state index is 12.8. The highest BCUT2D eigenvalue weighted by Crippen LogP contribution is 2.36. The van der Waals surface area contributed by atoms with Gasteiger partial charge in [0.25, 0.3) is 0 Å². The second-order valence-corrected chi connectivity index (χ2v) is 3.87. The first kappa shape index (κ1) is 14.2. The van der Waals surface area contributed by atoms with Gasteiger partial charge in [-0.25, -0.2) is 9.97 Å². The van der Waals surface area contributed by atoms with Crippen molar-refractivity contribution in [2.24, 2.45) is 0 Å². The molecule has 0 atom stereocenters. The number of halogens is 3. The Labute approximate surface area is 112 Å². The third-order valence-electron chi connectivity index (χ3n) is 2.69. The van der Waals surface area contributed by atoms with Crippen molar-refractivity contribution < 1.29 is 22.6 Å². The lowest BCUT2D eigenvalue weighted by molar-refractivity contribution is -0.144. The molecule has 20 heavy (non-hydrogen) atoms. The van der Waals surface area contributed by atoms with E-state index >= 15 is 0 Å². The number of aromatic nitrogens is 2. The van der Waals surface area contributed by atoms with Gasteiger partial charge >= 0.3 is 6.18 Å². The Morgan fingerprint density at radius 2 is 1.65 bits per heavy atom. The van der Waals surface area contributed by atoms with Crippen LogP contribution in [0.15, 0.2) is 12.1 Å². The Kier molecular flexibility index (Phi) is 3.56. The molecule has 0 aliphatic heterocycles. The summed E-state index contributed by atoms with van der Waals surface area (Å²) in [5, 5.41) is 3.04. The van der Waals surface area contributed by atoms with Gasteiger partial charge in [0.2, 0.25) is 5.82 Å². The van der Waals surface area contributed by atoms with Gasteiger partial charge in [0.1, 0.15) is 5.82 Å². The molecule has 1 N–H and O–H groups in total. The second-order valence-electron chi connectivity index (χ2n) is 3.87. The summed E-state index contributed by atoms with van der Waals surface area (Å²) in [7, 11) is 4.32. The van der Waals surface area contributed by atoms with Crippen LogP contribution in [0.4, 0.5) is 19.0 Å². The topological polar surface area (TPSA) is 56.3 Å². The Bertz CT molecular complexity index is 644. The normalized spacial score (nSPS) is 11.5. The largest absolute Gasteiger partial charge is 0.493 e. The van der Waals surface area contributed by atoms with Crippen molar-refractivity contribution in [3.8, 4) is 11.5 Å². The summed E-state index contributed by atoms with van der Waals surface area (Å²) < 4.78 is 48.4. The van der Waals surface area contributed by atoms with Crippen LogP contribution in [-0.2, 0) is 6.18 Å². The van der Waals surface area contributed by atoms with Gasteiger partial charge in [-0.15, -0.1) is 0 Å². The highest BCUT2D eigenvalue weighted by molar-refractivity contribution is 5.91. The third-order valence-corrected chi connectivity index (χ3v) is 2.69. The summed E-state index contributed by atoms with van der Waals surface area (Å²) in [6.07, 6.45) is -4.62. The van der Waals surface area contributed by atoms with Gasteiger partial charge in [-0.2, -0.15) is 13.2 Å². The van der Waals surface area contributed by atoms with Crippen LogP contribution in [0, 0.1) is 0 Å². The van der Waals surface area contributed by atoms with E-state index in [0.717, 1.165) is 0 Å². The van der Waals surface area contributed by atoms with Gasteiger partial charge in [0.05, 0.1) is 19.7 Å². The number of benzene rings is 1. The molecule has 1 aromatic heterocycles. The van der Waals surface area contributed by atoms with E-state index < -0.39 is 12.0 Å². The molecule has 0 fully saturated rings. The Hall–Kier alpha value is -2.25. The van der Waals surface area contributed by atoms with Gasteiger partial charge in [-0.1, -0.05) is 0 Å². The maximum Gasteiger partial charge on any atom is 0.451 e. The molecule has 8 heteroatoms. The molecule has 0 amide bonds. The fraction of sp³-hybridized carbons (Fsp3) is 0.333. The number of nitrogens with one attached hydrogen (secondary N) is 1. The molecule has 2 aromatic rings. The smallest absolute Gasteiger partial charge is 0.451 e. The number of nitrogens with zero attached hydrogens (tertiary/aromatic N) is 2. The molecule has 0 bridgehead atoms. The number of ether oxygens (including phenoxy) is 2. The van der Waals surface area contributed by atoms with Gasteiger partial charge in [0, 0.05) is 18.5 Å². The van der Waals surface area contributed by atoms with Crippen LogP contribution in [0.1, 0.15) is 5.82 Å². The summed E-state index contributed by atoms with van der Waals surface area (Å²) in [5.74, 6) is -0.446. The van der Waals surface area contributed by atoms with Crippen LogP contribution in [-0.4, -0.2) is 31.2 Å². The number of fused-ring (bicyclic) bond motifs is 1. The minimum atomic E-state index is -4.62. The molecule has 0 unspecified atom stereocenters. The lowest BCUT2D eigenvalue weighted by Gasteiger charge is -2.13. The van der Waals surface area contributed by atoms with E-state index in [-0.39, 0.29) is 11.3 Å². The van der Waals surface area contributed by atoms with Crippen LogP contribution in [0.3, 0.4) is 0 Å². The lowest BCUT2D eigenvalue weighted by atomic mass is 10.2. The molecular formula is C12H12F3N3O2. The minimum Gasteiger partial charge on any atom is -0.493 e. The van der Waals surface area contributed by atoms with Crippen LogP contribution in [0.25, 0.3) is 10.9 Å². The van der Waals surface area contributed by atoms with Crippen LogP contribution in [0.2, 0.25) is 0 Å². The predicted octanol–water partition coefficient (Wildman–Crippen LogP) is 2.71. The predicted molar refractivity (Wildman–Crippen MR) is 67.2 cm³/mol. The molecule has 0 aliphatic carbocycles. The third kappa shape index (κ3) is 2.40. The van der Waals surface area contributed by atoms with Gasteiger partial charge < -0.3 is 14.8 Å². The first-order valence-electron chi connectivity index (χ1n) is 5.59. The number of anilines is 1. The molecule has 1 heterocycles. The van der Waals surface area contributed by atoms with Crippen molar-refractivity contribution in [3.05, 3.63) is 18.0 Å². The molecule has 2 rings (SSSR count). The van der Waals surface area contributed by atoms with Gasteiger partial charge in [-0.05, 0) is 6.07 Å². The molecule has 1 aromatic carbocycles. The quantitative estimate of drug-likeness (QED) is 0.940. The van der Waals surface area contributed by atoms with Crippen molar-refractivity contribution in [2.45, 2.75) is 6.18 Å². The van der Waals surface area contributed by atoms with Crippen molar-refractivity contribution in [1.82, 2.24) is 9.97 Å². The van der Waals surface area contributed by atoms with Gasteiger partial charge in [0.15, 0.2) is 11.5 Å². The monoisotopic (exact) mass is 287 g/mol. The van der Waals surface area contributed by atoms with Crippen molar-refractivity contribution >= 4 is 16.7 Å². The SMILES string of the molecule is CNc1nc(C(F)(F)F)nc2cc(OC)c(OC)cc12. The number of rotatable bonds is 3. The molecule has 5 nitrogen and oxygen atoms in total. The van der Waals surface area contributed by atoms with Gasteiger partial charge in [-0.3, -0.25) is 0 Å². The number of methoxy groups -OCH3 is 2. The fourth-order valence-electron chi connectivity index (χ4n) is 1.77. The second kappa shape index (κ2) is 5.03. The lowest BCUT2D eigenvalue weighted by Crippen LogP contribution is -2.12. The Morgan fingerprint density at radius 3 is 2.15 bits per heavy atom. The molecule has 108 valence electrons. The summed E-state index contributed by atoms with van der Waals surface area (Å²) in [4.78, 5) is 7.01. The minimum absolute atomic E-state index is 0.0725. The van der Waals surface area contributed by atoms with Crippen LogP contribution in [0.5, 0.6) is 11.5 Å². The van der Waals surface area contributed by atoms with E-state index in [2.05, 4.69) is 15.3 Å². The standard InChI is InChI=1S/C12H12F3N3O2/c1-16-10-6-4-8(19-2)9(20-3)5-7(6)17-11(18-10)12(13,14)15/h4-5H,1-3H3,(H,16,17,18). The molecular weight excluding hydrogens is 275 g/mol. The van der Waals surface area contributed by atoms with Crippen molar-refractivity contribution in [3.63, 3.8) is 0 Å². The first-order chi connectivity index (χ1) is 9.40. The number of hydrogen-bond donors (Lipinski definition) is 1. The Morgan fingerprint density at radius 1 is 1.05 bits per heavy atom. The summed E-state index contributed by atoms with van der Waals surface area (Å²) >= 11 is 0. The molecule has 0 spiro atoms. The van der Waals surface area contributed by atoms with E-state index in [1.807, 2.05) is 0 Å². The highest BCUT2D eigenvalue weighted by atomic mass is 19.4. The van der Waals surface area contributed by atoms with E-state index in [4.69, 9.17) is 9.47 Å². The fourth-order valence-corrected chi connectivity index (χ4v) is 1.77. The van der Waals surface area contributed by atoms with E-state index in [1.54, 1.807) is 0 Å². The summed E-state index contributed by atoms with van der Waals surface area (Å²) in [5.41, 5.74) is 0.120. The summed E-state index contributed by atoms with van der Waals surface area (Å²) in [6.45, 7) is 0. The maximum atomic E-state index is 12.8. The zero-order valence-electron chi connectivity index (χ0n) is 11.0. The summed E-state index contributed by atoms with van der Waals surface area (Å²) in [6, 6.07) is 2.91. The van der Waals surface area contributed by atoms with Crippen LogP contribution < -0.4 is 14.8 Å². The zero-order valence-corrected chi connectivity index (χ0v) is 11.0. The average molecular weight is 287 g/mol. The number of hydrogen-bond acceptors (Lipinski definition) is 5. The average Bonchev–Trinajstić information content (AvgIpc) is 2.43. The van der Waals surface area contributed by atoms with E-state index in [0.29, 0.717) is 16.9 Å². The van der Waals surface area contributed by atoms with Crippen LogP contribution >= 0.6 is 0 Å². The number of alkyl halides is 3. The van der Waals surface area contributed by atoms with E-state index in [1.165, 1.54) is 33.4 Å².